The molecule has 6 heteroatoms. The van der Waals surface area contributed by atoms with Gasteiger partial charge in [0.25, 0.3) is 0 Å². The van der Waals surface area contributed by atoms with Gasteiger partial charge in [0.2, 0.25) is 0 Å². The van der Waals surface area contributed by atoms with Crippen LogP contribution in [0.15, 0.2) is 65.1 Å². The molecule has 2 N–H and O–H groups in total. The molecule has 1 aliphatic rings. The van der Waals surface area contributed by atoms with Crippen LogP contribution >= 0.6 is 0 Å². The Hall–Kier alpha value is -2.18. The second kappa shape index (κ2) is 13.1. The standard InChI is InChI=1S/C19H28FN3O2/c1-17(16-23-10-14-25-15-11-23)19(21)22-9-5-7-13-24-12-6-3-4-8-18(2)20/h3-4,6-9,12-13H,5,10-11,14-16,21H2,1-2H3/b4-3-,12-6+,13-7+,18-8+,19-17+,22-9-. The largest absolute Gasteiger partial charge is 0.473 e. The maximum Gasteiger partial charge on any atom is 0.123 e. The fourth-order valence-electron chi connectivity index (χ4n) is 2.00. The summed E-state index contributed by atoms with van der Waals surface area (Å²) in [5.74, 6) is 0.320. The Morgan fingerprint density at radius 2 is 1.96 bits per heavy atom. The molecule has 1 heterocycles. The zero-order valence-electron chi connectivity index (χ0n) is 15.0. The smallest absolute Gasteiger partial charge is 0.123 e. The first kappa shape index (κ1) is 20.9. The summed E-state index contributed by atoms with van der Waals surface area (Å²) in [6, 6.07) is 0. The number of allylic oxidation sites excluding steroid dienone is 6. The molecule has 0 aromatic heterocycles. The van der Waals surface area contributed by atoms with Crippen molar-refractivity contribution in [1.82, 2.24) is 4.90 Å². The lowest BCUT2D eigenvalue weighted by Gasteiger charge is -2.26. The van der Waals surface area contributed by atoms with E-state index in [1.165, 1.54) is 19.3 Å². The summed E-state index contributed by atoms with van der Waals surface area (Å²) in [5.41, 5.74) is 7.04. The molecule has 0 aromatic rings. The number of ether oxygens (including phenoxy) is 2. The Labute approximate surface area is 149 Å². The van der Waals surface area contributed by atoms with Crippen LogP contribution in [0.1, 0.15) is 20.3 Å². The van der Waals surface area contributed by atoms with Gasteiger partial charge in [0, 0.05) is 32.3 Å². The zero-order chi connectivity index (χ0) is 18.3. The highest BCUT2D eigenvalue weighted by atomic mass is 19.1. The van der Waals surface area contributed by atoms with Crippen LogP contribution in [0.4, 0.5) is 4.39 Å². The van der Waals surface area contributed by atoms with Gasteiger partial charge in [-0.15, -0.1) is 0 Å². The van der Waals surface area contributed by atoms with Crippen molar-refractivity contribution in [2.24, 2.45) is 10.7 Å². The molecule has 0 saturated carbocycles. The van der Waals surface area contributed by atoms with E-state index in [4.69, 9.17) is 15.2 Å². The molecule has 1 fully saturated rings. The molecule has 0 atom stereocenters. The molecule has 0 bridgehead atoms. The monoisotopic (exact) mass is 349 g/mol. The van der Waals surface area contributed by atoms with Crippen molar-refractivity contribution in [3.05, 3.63) is 60.1 Å². The second-order valence-electron chi connectivity index (χ2n) is 5.58. The number of nitrogens with zero attached hydrogens (tertiary/aromatic N) is 2. The Morgan fingerprint density at radius 3 is 2.68 bits per heavy atom. The average molecular weight is 349 g/mol. The minimum Gasteiger partial charge on any atom is -0.473 e. The molecule has 5 nitrogen and oxygen atoms in total. The first-order chi connectivity index (χ1) is 12.1. The molecule has 0 aromatic carbocycles. The molecule has 138 valence electrons. The van der Waals surface area contributed by atoms with Crippen LogP contribution in [-0.2, 0) is 9.47 Å². The fraction of sp³-hybridized carbons (Fsp3) is 0.421. The van der Waals surface area contributed by atoms with Crippen molar-refractivity contribution < 1.29 is 13.9 Å². The first-order valence-corrected chi connectivity index (χ1v) is 8.33. The summed E-state index contributed by atoms with van der Waals surface area (Å²) in [6.07, 6.45) is 13.6. The van der Waals surface area contributed by atoms with Gasteiger partial charge in [-0.25, -0.2) is 9.38 Å². The highest BCUT2D eigenvalue weighted by Gasteiger charge is 2.11. The molecule has 25 heavy (non-hydrogen) atoms. The molecular weight excluding hydrogens is 321 g/mol. The predicted octanol–water partition coefficient (Wildman–Crippen LogP) is 3.44. The number of aliphatic imine (C=N–C) groups is 1. The highest BCUT2D eigenvalue weighted by molar-refractivity contribution is 5.60. The molecule has 0 unspecified atom stereocenters. The van der Waals surface area contributed by atoms with Crippen molar-refractivity contribution in [2.75, 3.05) is 32.8 Å². The third-order valence-electron chi connectivity index (χ3n) is 3.35. The third-order valence-corrected chi connectivity index (χ3v) is 3.35. The maximum absolute atomic E-state index is 12.4. The Kier molecular flexibility index (Phi) is 11.0. The average Bonchev–Trinajstić information content (AvgIpc) is 2.60. The fourth-order valence-corrected chi connectivity index (χ4v) is 2.00. The van der Waals surface area contributed by atoms with Gasteiger partial charge in [0.15, 0.2) is 0 Å². The van der Waals surface area contributed by atoms with E-state index in [-0.39, 0.29) is 5.83 Å². The summed E-state index contributed by atoms with van der Waals surface area (Å²) in [7, 11) is 0. The third kappa shape index (κ3) is 11.1. The molecule has 1 rings (SSSR count). The van der Waals surface area contributed by atoms with Crippen LogP contribution < -0.4 is 5.73 Å². The van der Waals surface area contributed by atoms with Gasteiger partial charge in [-0.05, 0) is 37.6 Å². The van der Waals surface area contributed by atoms with E-state index in [1.807, 2.05) is 13.0 Å². The minimum absolute atomic E-state index is 0.238. The quantitative estimate of drug-likeness (QED) is 0.393. The van der Waals surface area contributed by atoms with E-state index in [1.54, 1.807) is 30.7 Å². The van der Waals surface area contributed by atoms with Crippen LogP contribution in [0.5, 0.6) is 0 Å². The summed E-state index contributed by atoms with van der Waals surface area (Å²) in [6.45, 7) is 7.62. The van der Waals surface area contributed by atoms with Gasteiger partial charge in [-0.2, -0.15) is 0 Å². The van der Waals surface area contributed by atoms with Gasteiger partial charge in [0.1, 0.15) is 5.82 Å². The van der Waals surface area contributed by atoms with E-state index >= 15 is 0 Å². The second-order valence-corrected chi connectivity index (χ2v) is 5.58. The topological polar surface area (TPSA) is 60.1 Å². The highest BCUT2D eigenvalue weighted by Crippen LogP contribution is 2.05. The molecule has 0 aliphatic carbocycles. The number of rotatable bonds is 9. The van der Waals surface area contributed by atoms with Gasteiger partial charge < -0.3 is 15.2 Å². The van der Waals surface area contributed by atoms with E-state index in [0.717, 1.165) is 38.4 Å². The predicted molar refractivity (Wildman–Crippen MR) is 101 cm³/mol. The number of hydrogen-bond donors (Lipinski definition) is 1. The van der Waals surface area contributed by atoms with Crippen LogP contribution in [0.25, 0.3) is 0 Å². The summed E-state index contributed by atoms with van der Waals surface area (Å²) < 4.78 is 22.9. The summed E-state index contributed by atoms with van der Waals surface area (Å²) >= 11 is 0. The molecule has 0 radical (unpaired) electrons. The Balaban J connectivity index is 2.24. The molecule has 1 aliphatic heterocycles. The van der Waals surface area contributed by atoms with E-state index in [0.29, 0.717) is 12.2 Å². The van der Waals surface area contributed by atoms with Crippen LogP contribution in [-0.4, -0.2) is 44.0 Å². The van der Waals surface area contributed by atoms with Crippen molar-refractivity contribution in [3.63, 3.8) is 0 Å². The normalized spacial score (nSPS) is 18.8. The van der Waals surface area contributed by atoms with Gasteiger partial charge in [0.05, 0.1) is 31.6 Å². The summed E-state index contributed by atoms with van der Waals surface area (Å²) in [5, 5.41) is 0. The van der Waals surface area contributed by atoms with Crippen molar-refractivity contribution >= 4 is 6.21 Å². The first-order valence-electron chi connectivity index (χ1n) is 8.33. The zero-order valence-corrected chi connectivity index (χ0v) is 15.0. The lowest BCUT2D eigenvalue weighted by Crippen LogP contribution is -2.37. The number of hydrogen-bond acceptors (Lipinski definition) is 5. The number of nitrogens with two attached hydrogens (primary N) is 1. The van der Waals surface area contributed by atoms with Crippen LogP contribution in [0, 0.1) is 0 Å². The van der Waals surface area contributed by atoms with E-state index < -0.39 is 0 Å². The molecular formula is C19H28FN3O2. The van der Waals surface area contributed by atoms with Gasteiger partial charge in [-0.1, -0.05) is 12.2 Å². The number of morpholine rings is 1. The van der Waals surface area contributed by atoms with E-state index in [9.17, 15) is 4.39 Å². The van der Waals surface area contributed by atoms with Crippen molar-refractivity contribution in [3.8, 4) is 0 Å². The van der Waals surface area contributed by atoms with Crippen LogP contribution in [0.3, 0.4) is 0 Å². The lowest BCUT2D eigenvalue weighted by molar-refractivity contribution is 0.0422. The van der Waals surface area contributed by atoms with E-state index in [2.05, 4.69) is 9.89 Å². The SMILES string of the molecule is C\C(F)=C/C=C\C=C\O/C=C/C/C=N\C(N)=C(/C)CN1CCOCC1. The maximum atomic E-state index is 12.4. The molecule has 0 amide bonds. The molecule has 1 saturated heterocycles. The van der Waals surface area contributed by atoms with Crippen molar-refractivity contribution in [1.29, 1.82) is 0 Å². The Bertz CT molecular complexity index is 553. The Morgan fingerprint density at radius 1 is 1.20 bits per heavy atom. The van der Waals surface area contributed by atoms with Gasteiger partial charge >= 0.3 is 0 Å². The minimum atomic E-state index is -0.238. The lowest BCUT2D eigenvalue weighted by atomic mass is 10.2. The molecule has 0 spiro atoms. The number of halogens is 1. The van der Waals surface area contributed by atoms with Crippen LogP contribution in [0.2, 0.25) is 0 Å². The summed E-state index contributed by atoms with van der Waals surface area (Å²) in [4.78, 5) is 6.57. The van der Waals surface area contributed by atoms with Gasteiger partial charge in [-0.3, -0.25) is 4.90 Å². The van der Waals surface area contributed by atoms with Crippen molar-refractivity contribution in [2.45, 2.75) is 20.3 Å².